The number of methoxy groups -OCH3 is 2. The lowest BCUT2D eigenvalue weighted by molar-refractivity contribution is -0.174. The fraction of sp³-hybridized carbons (Fsp3) is 0.353. The summed E-state index contributed by atoms with van der Waals surface area (Å²) in [5.74, 6) is -0.506. The van der Waals surface area contributed by atoms with Crippen LogP contribution in [0.2, 0.25) is 0 Å². The summed E-state index contributed by atoms with van der Waals surface area (Å²) in [4.78, 5) is 35.9. The van der Waals surface area contributed by atoms with Crippen molar-refractivity contribution in [2.45, 2.75) is 24.3 Å². The molecule has 6 nitrogen and oxygen atoms in total. The fourth-order valence-electron chi connectivity index (χ4n) is 1.79. The molecule has 0 aliphatic heterocycles. The van der Waals surface area contributed by atoms with Gasteiger partial charge in [0.1, 0.15) is 5.92 Å². The number of carbonyl (C=O) groups excluding carboxylic acids is 3. The SMILES string of the molecule is COC(=O)[C@H](CC#CSc1ccccc1)[C@@H](OC(C)=O)C(=O)OC. The predicted octanol–water partition coefficient (Wildman–Crippen LogP) is 2.02. The van der Waals surface area contributed by atoms with Crippen LogP contribution in [-0.4, -0.2) is 38.2 Å². The van der Waals surface area contributed by atoms with Crippen molar-refractivity contribution in [2.75, 3.05) is 14.2 Å². The number of hydrogen-bond acceptors (Lipinski definition) is 7. The summed E-state index contributed by atoms with van der Waals surface area (Å²) in [6, 6.07) is 9.45. The average molecular weight is 350 g/mol. The molecule has 0 bridgehead atoms. The summed E-state index contributed by atoms with van der Waals surface area (Å²) in [6.07, 6.45) is -1.41. The first kappa shape index (κ1) is 19.6. The van der Waals surface area contributed by atoms with E-state index in [1.54, 1.807) is 0 Å². The van der Waals surface area contributed by atoms with Crippen LogP contribution >= 0.6 is 11.8 Å². The quantitative estimate of drug-likeness (QED) is 0.336. The van der Waals surface area contributed by atoms with Crippen molar-refractivity contribution < 1.29 is 28.6 Å². The molecular formula is C17H18O6S. The molecule has 24 heavy (non-hydrogen) atoms. The lowest BCUT2D eigenvalue weighted by Crippen LogP contribution is -2.39. The monoisotopic (exact) mass is 350 g/mol. The van der Waals surface area contributed by atoms with Crippen LogP contribution in [0.5, 0.6) is 0 Å². The van der Waals surface area contributed by atoms with Gasteiger partial charge in [-0.1, -0.05) is 24.1 Å². The molecule has 0 fully saturated rings. The van der Waals surface area contributed by atoms with Crippen molar-refractivity contribution in [2.24, 2.45) is 5.92 Å². The fourth-order valence-corrected chi connectivity index (χ4v) is 2.36. The van der Waals surface area contributed by atoms with Gasteiger partial charge in [-0.25, -0.2) is 4.79 Å². The van der Waals surface area contributed by atoms with Gasteiger partial charge >= 0.3 is 17.9 Å². The minimum atomic E-state index is -1.39. The zero-order chi connectivity index (χ0) is 17.9. The second kappa shape index (κ2) is 10.3. The maximum Gasteiger partial charge on any atom is 0.348 e. The molecule has 0 unspecified atom stereocenters. The molecule has 1 rings (SSSR count). The van der Waals surface area contributed by atoms with Gasteiger partial charge in [-0.2, -0.15) is 0 Å². The van der Waals surface area contributed by atoms with Crippen LogP contribution in [0.1, 0.15) is 13.3 Å². The Balaban J connectivity index is 2.85. The van der Waals surface area contributed by atoms with Crippen molar-refractivity contribution in [3.63, 3.8) is 0 Å². The van der Waals surface area contributed by atoms with E-state index in [4.69, 9.17) is 4.74 Å². The van der Waals surface area contributed by atoms with E-state index in [-0.39, 0.29) is 6.42 Å². The van der Waals surface area contributed by atoms with Gasteiger partial charge in [-0.3, -0.25) is 9.59 Å². The molecule has 0 heterocycles. The van der Waals surface area contributed by atoms with E-state index >= 15 is 0 Å². The third-order valence-electron chi connectivity index (χ3n) is 2.90. The number of carbonyl (C=O) groups is 3. The van der Waals surface area contributed by atoms with Gasteiger partial charge in [0.15, 0.2) is 0 Å². The molecule has 1 aromatic rings. The van der Waals surface area contributed by atoms with Crippen LogP contribution in [0.15, 0.2) is 35.2 Å². The Morgan fingerprint density at radius 1 is 1.08 bits per heavy atom. The van der Waals surface area contributed by atoms with E-state index in [2.05, 4.69) is 20.6 Å². The summed E-state index contributed by atoms with van der Waals surface area (Å²) >= 11 is 1.28. The van der Waals surface area contributed by atoms with Crippen LogP contribution < -0.4 is 0 Å². The molecular weight excluding hydrogens is 332 g/mol. The Hall–Kier alpha value is -2.46. The third-order valence-corrected chi connectivity index (χ3v) is 3.66. The van der Waals surface area contributed by atoms with Crippen molar-refractivity contribution in [3.8, 4) is 11.2 Å². The molecule has 1 aromatic carbocycles. The minimum Gasteiger partial charge on any atom is -0.469 e. The van der Waals surface area contributed by atoms with Crippen LogP contribution in [0.3, 0.4) is 0 Å². The number of ether oxygens (including phenoxy) is 3. The molecule has 0 aliphatic carbocycles. The highest BCUT2D eigenvalue weighted by Crippen LogP contribution is 2.18. The number of thioether (sulfide) groups is 1. The van der Waals surface area contributed by atoms with Gasteiger partial charge in [-0.05, 0) is 29.1 Å². The van der Waals surface area contributed by atoms with E-state index in [1.165, 1.54) is 18.9 Å². The van der Waals surface area contributed by atoms with Crippen molar-refractivity contribution in [3.05, 3.63) is 30.3 Å². The Morgan fingerprint density at radius 3 is 2.25 bits per heavy atom. The largest absolute Gasteiger partial charge is 0.469 e. The molecule has 0 radical (unpaired) electrons. The van der Waals surface area contributed by atoms with Gasteiger partial charge in [-0.15, -0.1) is 0 Å². The van der Waals surface area contributed by atoms with Crippen LogP contribution in [0.4, 0.5) is 0 Å². The summed E-state index contributed by atoms with van der Waals surface area (Å²) in [6.45, 7) is 1.14. The lowest BCUT2D eigenvalue weighted by Gasteiger charge is -2.21. The second-order valence-electron chi connectivity index (χ2n) is 4.58. The van der Waals surface area contributed by atoms with Gasteiger partial charge in [0.2, 0.25) is 6.10 Å². The van der Waals surface area contributed by atoms with Gasteiger partial charge in [0, 0.05) is 18.2 Å². The Morgan fingerprint density at radius 2 is 1.71 bits per heavy atom. The summed E-state index contributed by atoms with van der Waals surface area (Å²) in [5, 5.41) is 2.84. The molecule has 0 spiro atoms. The molecule has 2 atom stereocenters. The third kappa shape index (κ3) is 6.34. The van der Waals surface area contributed by atoms with E-state index in [1.807, 2.05) is 30.3 Å². The smallest absolute Gasteiger partial charge is 0.348 e. The topological polar surface area (TPSA) is 78.9 Å². The number of benzene rings is 1. The highest BCUT2D eigenvalue weighted by atomic mass is 32.2. The first-order chi connectivity index (χ1) is 11.5. The standard InChI is InChI=1S/C17H18O6S/c1-12(18)23-15(17(20)22-3)14(16(19)21-2)10-7-11-24-13-8-5-4-6-9-13/h4-6,8-9,14-15H,10H2,1-3H3/t14-,15-/m1/s1. The minimum absolute atomic E-state index is 0.0143. The first-order valence-corrected chi connectivity index (χ1v) is 7.83. The van der Waals surface area contributed by atoms with E-state index in [0.717, 1.165) is 18.9 Å². The number of esters is 3. The Bertz CT molecular complexity index is 631. The highest BCUT2D eigenvalue weighted by Gasteiger charge is 2.37. The van der Waals surface area contributed by atoms with Crippen LogP contribution in [0, 0.1) is 17.1 Å². The molecule has 0 aliphatic rings. The summed E-state index contributed by atoms with van der Waals surface area (Å²) in [5.41, 5.74) is 0. The van der Waals surface area contributed by atoms with E-state index in [9.17, 15) is 14.4 Å². The number of rotatable bonds is 6. The Labute approximate surface area is 144 Å². The lowest BCUT2D eigenvalue weighted by atomic mass is 9.99. The molecule has 0 saturated heterocycles. The van der Waals surface area contributed by atoms with Crippen LogP contribution in [-0.2, 0) is 28.6 Å². The zero-order valence-electron chi connectivity index (χ0n) is 13.6. The van der Waals surface area contributed by atoms with E-state index < -0.39 is 29.9 Å². The summed E-state index contributed by atoms with van der Waals surface area (Å²) in [7, 11) is 2.33. The zero-order valence-corrected chi connectivity index (χ0v) is 14.4. The molecule has 7 heteroatoms. The van der Waals surface area contributed by atoms with Crippen LogP contribution in [0.25, 0.3) is 0 Å². The maximum atomic E-state index is 11.9. The highest BCUT2D eigenvalue weighted by molar-refractivity contribution is 8.03. The van der Waals surface area contributed by atoms with Gasteiger partial charge in [0.05, 0.1) is 14.2 Å². The van der Waals surface area contributed by atoms with E-state index in [0.29, 0.717) is 0 Å². The summed E-state index contributed by atoms with van der Waals surface area (Å²) < 4.78 is 14.2. The molecule has 0 aromatic heterocycles. The van der Waals surface area contributed by atoms with Gasteiger partial charge < -0.3 is 14.2 Å². The number of hydrogen-bond donors (Lipinski definition) is 0. The predicted molar refractivity (Wildman–Crippen MR) is 87.8 cm³/mol. The first-order valence-electron chi connectivity index (χ1n) is 7.02. The van der Waals surface area contributed by atoms with Crippen molar-refractivity contribution in [1.29, 1.82) is 0 Å². The second-order valence-corrected chi connectivity index (χ2v) is 5.46. The normalized spacial score (nSPS) is 12.1. The molecule has 0 saturated carbocycles. The average Bonchev–Trinajstić information content (AvgIpc) is 2.59. The Kier molecular flexibility index (Phi) is 8.44. The molecule has 128 valence electrons. The van der Waals surface area contributed by atoms with Crippen molar-refractivity contribution in [1.82, 2.24) is 0 Å². The van der Waals surface area contributed by atoms with Crippen molar-refractivity contribution >= 4 is 29.7 Å². The van der Waals surface area contributed by atoms with Gasteiger partial charge in [0.25, 0.3) is 0 Å². The molecule has 0 N–H and O–H groups in total. The maximum absolute atomic E-state index is 11.9. The molecule has 0 amide bonds.